The van der Waals surface area contributed by atoms with E-state index in [4.69, 9.17) is 4.74 Å². The first-order chi connectivity index (χ1) is 17.0. The van der Waals surface area contributed by atoms with E-state index in [1.54, 1.807) is 28.7 Å². The lowest BCUT2D eigenvalue weighted by Gasteiger charge is -2.29. The Balaban J connectivity index is 1.47. The Kier molecular flexibility index (Phi) is 7.45. The van der Waals surface area contributed by atoms with E-state index < -0.39 is 0 Å². The van der Waals surface area contributed by atoms with Gasteiger partial charge in [-0.25, -0.2) is 4.98 Å². The summed E-state index contributed by atoms with van der Waals surface area (Å²) in [7, 11) is 5.23. The van der Waals surface area contributed by atoms with Gasteiger partial charge in [0.05, 0.1) is 18.1 Å². The van der Waals surface area contributed by atoms with E-state index >= 15 is 0 Å². The van der Waals surface area contributed by atoms with Crippen LogP contribution in [0.15, 0.2) is 78.9 Å². The number of hydrogen-bond acceptors (Lipinski definition) is 4. The van der Waals surface area contributed by atoms with Gasteiger partial charge in [-0.3, -0.25) is 9.59 Å². The van der Waals surface area contributed by atoms with Crippen LogP contribution < -0.4 is 10.1 Å². The molecule has 0 aliphatic heterocycles. The Bertz CT molecular complexity index is 1320. The summed E-state index contributed by atoms with van der Waals surface area (Å²) < 4.78 is 7.08. The summed E-state index contributed by atoms with van der Waals surface area (Å²) in [6, 6.07) is 24.7. The molecule has 0 aliphatic carbocycles. The highest BCUT2D eigenvalue weighted by Crippen LogP contribution is 2.18. The van der Waals surface area contributed by atoms with Crippen molar-refractivity contribution in [2.75, 3.05) is 20.7 Å². The third kappa shape index (κ3) is 5.51. The van der Waals surface area contributed by atoms with Crippen LogP contribution in [0.2, 0.25) is 0 Å². The molecule has 1 unspecified atom stereocenters. The van der Waals surface area contributed by atoms with E-state index in [1.807, 2.05) is 68.7 Å². The van der Waals surface area contributed by atoms with Gasteiger partial charge in [0.2, 0.25) is 0 Å². The van der Waals surface area contributed by atoms with Crippen molar-refractivity contribution in [3.05, 3.63) is 95.8 Å². The number of carbonyl (C=O) groups is 2. The molecule has 35 heavy (non-hydrogen) atoms. The van der Waals surface area contributed by atoms with Crippen LogP contribution in [0.1, 0.15) is 33.0 Å². The molecule has 0 saturated heterocycles. The van der Waals surface area contributed by atoms with Crippen LogP contribution in [0.4, 0.5) is 0 Å². The predicted molar refractivity (Wildman–Crippen MR) is 137 cm³/mol. The molecule has 3 aromatic carbocycles. The van der Waals surface area contributed by atoms with Crippen LogP contribution in [0.25, 0.3) is 11.0 Å². The number of nitrogens with one attached hydrogen (secondary N) is 1. The van der Waals surface area contributed by atoms with Crippen molar-refractivity contribution in [1.29, 1.82) is 0 Å². The zero-order chi connectivity index (χ0) is 24.8. The molecule has 0 radical (unpaired) electrons. The lowest BCUT2D eigenvalue weighted by atomic mass is 10.0. The molecule has 180 valence electrons. The second-order valence-corrected chi connectivity index (χ2v) is 8.52. The Morgan fingerprint density at radius 1 is 1.03 bits per heavy atom. The zero-order valence-corrected chi connectivity index (χ0v) is 20.3. The maximum absolute atomic E-state index is 13.3. The van der Waals surface area contributed by atoms with Crippen LogP contribution in [0.3, 0.4) is 0 Å². The van der Waals surface area contributed by atoms with Crippen LogP contribution in [-0.4, -0.2) is 53.0 Å². The highest BCUT2D eigenvalue weighted by molar-refractivity contribution is 5.95. The number of hydrogen-bond donors (Lipinski definition) is 1. The molecule has 1 heterocycles. The molecule has 4 aromatic rings. The minimum absolute atomic E-state index is 0.0912. The molecule has 0 aliphatic rings. The SMILES string of the molecule is COc1cccc(C(=O)N(C)C(CCNC(=O)c2nc3ccccc3n2C)Cc2ccccc2)c1. The Morgan fingerprint density at radius 2 is 1.77 bits per heavy atom. The van der Waals surface area contributed by atoms with Gasteiger partial charge >= 0.3 is 0 Å². The van der Waals surface area contributed by atoms with E-state index in [0.29, 0.717) is 36.5 Å². The quantitative estimate of drug-likeness (QED) is 0.400. The fourth-order valence-electron chi connectivity index (χ4n) is 4.22. The number of aromatic nitrogens is 2. The van der Waals surface area contributed by atoms with Crippen LogP contribution in [-0.2, 0) is 13.5 Å². The fraction of sp³-hybridized carbons (Fsp3) is 0.250. The largest absolute Gasteiger partial charge is 0.497 e. The molecule has 0 bridgehead atoms. The van der Waals surface area contributed by atoms with E-state index in [-0.39, 0.29) is 17.9 Å². The second kappa shape index (κ2) is 10.9. The number of ether oxygens (including phenoxy) is 1. The first kappa shape index (κ1) is 24.0. The summed E-state index contributed by atoms with van der Waals surface area (Å²) >= 11 is 0. The number of fused-ring (bicyclic) bond motifs is 1. The van der Waals surface area contributed by atoms with Crippen molar-refractivity contribution in [3.8, 4) is 5.75 Å². The summed E-state index contributed by atoms with van der Waals surface area (Å²) in [5, 5.41) is 2.99. The van der Waals surface area contributed by atoms with Gasteiger partial charge in [0.25, 0.3) is 11.8 Å². The van der Waals surface area contributed by atoms with Gasteiger partial charge in [-0.2, -0.15) is 0 Å². The van der Waals surface area contributed by atoms with Crippen molar-refractivity contribution in [2.45, 2.75) is 18.9 Å². The minimum Gasteiger partial charge on any atom is -0.497 e. The number of para-hydroxylation sites is 2. The molecular weight excluding hydrogens is 440 g/mol. The Hall–Kier alpha value is -4.13. The summed E-state index contributed by atoms with van der Waals surface area (Å²) in [6.07, 6.45) is 1.27. The molecule has 0 saturated carbocycles. The van der Waals surface area contributed by atoms with Gasteiger partial charge in [-0.05, 0) is 48.7 Å². The molecule has 2 amide bonds. The number of aryl methyl sites for hydroxylation is 1. The van der Waals surface area contributed by atoms with Gasteiger partial charge in [0.15, 0.2) is 5.82 Å². The Labute approximate surface area is 205 Å². The van der Waals surface area contributed by atoms with Crippen LogP contribution >= 0.6 is 0 Å². The molecule has 1 aromatic heterocycles. The number of amides is 2. The summed E-state index contributed by atoms with van der Waals surface area (Å²) in [6.45, 7) is 0.412. The number of imidazole rings is 1. The van der Waals surface area contributed by atoms with E-state index in [9.17, 15) is 9.59 Å². The summed E-state index contributed by atoms with van der Waals surface area (Å²) in [4.78, 5) is 32.4. The van der Waals surface area contributed by atoms with Crippen molar-refractivity contribution in [1.82, 2.24) is 19.8 Å². The predicted octanol–water partition coefficient (Wildman–Crippen LogP) is 4.09. The number of likely N-dealkylation sites (N-methyl/N-ethyl adjacent to an activating group) is 1. The topological polar surface area (TPSA) is 76.5 Å². The molecule has 7 nitrogen and oxygen atoms in total. The molecular formula is C28H30N4O3. The van der Waals surface area contributed by atoms with Crippen molar-refractivity contribution < 1.29 is 14.3 Å². The normalized spacial score (nSPS) is 11.7. The van der Waals surface area contributed by atoms with Crippen molar-refractivity contribution in [3.63, 3.8) is 0 Å². The number of nitrogens with zero attached hydrogens (tertiary/aromatic N) is 3. The van der Waals surface area contributed by atoms with Crippen molar-refractivity contribution in [2.24, 2.45) is 7.05 Å². The molecule has 4 rings (SSSR count). The molecule has 1 N–H and O–H groups in total. The number of carbonyl (C=O) groups excluding carboxylic acids is 2. The van der Waals surface area contributed by atoms with Gasteiger partial charge in [-0.15, -0.1) is 0 Å². The van der Waals surface area contributed by atoms with Gasteiger partial charge in [0, 0.05) is 32.2 Å². The maximum Gasteiger partial charge on any atom is 0.287 e. The zero-order valence-electron chi connectivity index (χ0n) is 20.3. The summed E-state index contributed by atoms with van der Waals surface area (Å²) in [5.74, 6) is 0.681. The molecule has 7 heteroatoms. The summed E-state index contributed by atoms with van der Waals surface area (Å²) in [5.41, 5.74) is 3.38. The lowest BCUT2D eigenvalue weighted by Crippen LogP contribution is -2.41. The highest BCUT2D eigenvalue weighted by atomic mass is 16.5. The third-order valence-corrected chi connectivity index (χ3v) is 6.25. The fourth-order valence-corrected chi connectivity index (χ4v) is 4.22. The van der Waals surface area contributed by atoms with Crippen LogP contribution in [0, 0.1) is 0 Å². The third-order valence-electron chi connectivity index (χ3n) is 6.25. The minimum atomic E-state index is -0.232. The van der Waals surface area contributed by atoms with Gasteiger partial charge in [0.1, 0.15) is 5.75 Å². The molecule has 0 fully saturated rings. The first-order valence-electron chi connectivity index (χ1n) is 11.6. The smallest absolute Gasteiger partial charge is 0.287 e. The van der Waals surface area contributed by atoms with Crippen LogP contribution in [0.5, 0.6) is 5.75 Å². The molecule has 1 atom stereocenters. The Morgan fingerprint density at radius 3 is 2.51 bits per heavy atom. The highest BCUT2D eigenvalue weighted by Gasteiger charge is 2.23. The van der Waals surface area contributed by atoms with E-state index in [0.717, 1.165) is 16.6 Å². The number of benzene rings is 3. The number of methoxy groups -OCH3 is 1. The standard InChI is InChI=1S/C28H30N4O3/c1-31(28(34)21-12-9-13-23(19-21)35-3)22(18-20-10-5-4-6-11-20)16-17-29-27(33)26-30-24-14-7-8-15-25(24)32(26)2/h4-15,19,22H,16-18H2,1-3H3,(H,29,33). The second-order valence-electron chi connectivity index (χ2n) is 8.52. The average Bonchev–Trinajstić information content (AvgIpc) is 3.24. The van der Waals surface area contributed by atoms with E-state index in [2.05, 4.69) is 22.4 Å². The number of rotatable bonds is 9. The van der Waals surface area contributed by atoms with Gasteiger partial charge in [-0.1, -0.05) is 48.5 Å². The molecule has 0 spiro atoms. The monoisotopic (exact) mass is 470 g/mol. The first-order valence-corrected chi connectivity index (χ1v) is 11.6. The maximum atomic E-state index is 13.3. The average molecular weight is 471 g/mol. The van der Waals surface area contributed by atoms with Gasteiger partial charge < -0.3 is 19.5 Å². The van der Waals surface area contributed by atoms with E-state index in [1.165, 1.54) is 0 Å². The van der Waals surface area contributed by atoms with Crippen molar-refractivity contribution >= 4 is 22.8 Å². The lowest BCUT2D eigenvalue weighted by molar-refractivity contribution is 0.0722.